The molecule has 3 aromatic rings. The summed E-state index contributed by atoms with van der Waals surface area (Å²) in [5.41, 5.74) is 11.4. The van der Waals surface area contributed by atoms with Crippen LogP contribution in [0.5, 0.6) is 0 Å². The number of benzene rings is 2. The van der Waals surface area contributed by atoms with Crippen LogP contribution in [0, 0.1) is 11.3 Å². The summed E-state index contributed by atoms with van der Waals surface area (Å²) in [7, 11) is 7.20. The average Bonchev–Trinajstić information content (AvgIpc) is 2.79. The van der Waals surface area contributed by atoms with Gasteiger partial charge in [-0.2, -0.15) is 0 Å². The van der Waals surface area contributed by atoms with Crippen LogP contribution in [0.2, 0.25) is 0 Å². The van der Waals surface area contributed by atoms with Crippen molar-refractivity contribution in [1.82, 2.24) is 4.98 Å². The molecule has 0 aliphatic rings. The summed E-state index contributed by atoms with van der Waals surface area (Å²) >= 11 is 0. The van der Waals surface area contributed by atoms with E-state index in [2.05, 4.69) is 15.0 Å². The van der Waals surface area contributed by atoms with Gasteiger partial charge in [0.1, 0.15) is 11.5 Å². The van der Waals surface area contributed by atoms with E-state index in [9.17, 15) is 4.79 Å². The van der Waals surface area contributed by atoms with Crippen LogP contribution in [0.15, 0.2) is 54.6 Å². The molecule has 0 spiro atoms. The second-order valence-corrected chi connectivity index (χ2v) is 8.10. The maximum Gasteiger partial charge on any atom is 0.168 e. The molecule has 0 saturated carbocycles. The van der Waals surface area contributed by atoms with Crippen LogP contribution in [0.3, 0.4) is 0 Å². The van der Waals surface area contributed by atoms with E-state index < -0.39 is 0 Å². The molecule has 0 saturated heterocycles. The van der Waals surface area contributed by atoms with E-state index in [4.69, 9.17) is 11.1 Å². The smallest absolute Gasteiger partial charge is 0.168 e. The second kappa shape index (κ2) is 11.8. The fraction of sp³-hybridized carbons (Fsp3) is 0.269. The number of ether oxygens (including phenoxy) is 1. The van der Waals surface area contributed by atoms with Gasteiger partial charge < -0.3 is 26.1 Å². The van der Waals surface area contributed by atoms with Crippen molar-refractivity contribution in [1.29, 1.82) is 5.41 Å². The van der Waals surface area contributed by atoms with E-state index >= 15 is 0 Å². The van der Waals surface area contributed by atoms with Gasteiger partial charge in [0.05, 0.1) is 0 Å². The van der Waals surface area contributed by atoms with Crippen LogP contribution in [-0.4, -0.2) is 45.3 Å². The first kappa shape index (κ1) is 25.5. The van der Waals surface area contributed by atoms with Crippen molar-refractivity contribution in [2.24, 2.45) is 5.92 Å². The third-order valence-corrected chi connectivity index (χ3v) is 4.85. The Morgan fingerprint density at radius 1 is 1.12 bits per heavy atom. The van der Waals surface area contributed by atoms with Gasteiger partial charge in [-0.05, 0) is 53.4 Å². The number of rotatable bonds is 7. The van der Waals surface area contributed by atoms with Gasteiger partial charge in [-0.25, -0.2) is 4.98 Å². The molecular formula is C26H33N5O2. The number of carbonyl (C=O) groups is 1. The summed E-state index contributed by atoms with van der Waals surface area (Å²) in [5, 5.41) is 12.1. The molecule has 0 aliphatic heterocycles. The molecule has 7 nitrogen and oxygen atoms in total. The van der Waals surface area contributed by atoms with Gasteiger partial charge in [0, 0.05) is 56.7 Å². The van der Waals surface area contributed by atoms with E-state index in [1.165, 1.54) is 0 Å². The molecule has 0 bridgehead atoms. The molecule has 0 atom stereocenters. The zero-order chi connectivity index (χ0) is 24.5. The maximum atomic E-state index is 11.6. The highest BCUT2D eigenvalue weighted by molar-refractivity contribution is 6.10. The van der Waals surface area contributed by atoms with Gasteiger partial charge in [0.25, 0.3) is 0 Å². The number of nitrogen functional groups attached to an aromatic ring is 1. The Labute approximate surface area is 196 Å². The van der Waals surface area contributed by atoms with Crippen molar-refractivity contribution in [3.63, 3.8) is 0 Å². The van der Waals surface area contributed by atoms with Crippen molar-refractivity contribution >= 4 is 34.9 Å². The van der Waals surface area contributed by atoms with Gasteiger partial charge in [0.2, 0.25) is 0 Å². The predicted octanol–water partition coefficient (Wildman–Crippen LogP) is 5.24. The zero-order valence-corrected chi connectivity index (χ0v) is 20.1. The lowest BCUT2D eigenvalue weighted by Crippen LogP contribution is -2.15. The number of hydrogen-bond acceptors (Lipinski definition) is 7. The molecule has 174 valence electrons. The molecule has 33 heavy (non-hydrogen) atoms. The van der Waals surface area contributed by atoms with E-state index in [-0.39, 0.29) is 5.92 Å². The minimum atomic E-state index is -0.0185. The summed E-state index contributed by atoms with van der Waals surface area (Å²) in [6.45, 7) is 3.94. The minimum absolute atomic E-state index is 0.0185. The van der Waals surface area contributed by atoms with Crippen LogP contribution in [0.25, 0.3) is 11.1 Å². The first-order valence-electron chi connectivity index (χ1n) is 10.6. The lowest BCUT2D eigenvalue weighted by atomic mass is 9.91. The lowest BCUT2D eigenvalue weighted by molar-refractivity contribution is 0.111. The topological polar surface area (TPSA) is 104 Å². The molecule has 0 aliphatic carbocycles. The highest BCUT2D eigenvalue weighted by Crippen LogP contribution is 2.33. The van der Waals surface area contributed by atoms with Gasteiger partial charge in [-0.15, -0.1) is 0 Å². The molecule has 1 aromatic heterocycles. The van der Waals surface area contributed by atoms with Crippen molar-refractivity contribution in [3.8, 4) is 11.1 Å². The Bertz CT molecular complexity index is 1090. The first-order chi connectivity index (χ1) is 15.7. The van der Waals surface area contributed by atoms with Crippen LogP contribution in [-0.2, 0) is 4.74 Å². The Morgan fingerprint density at radius 2 is 1.76 bits per heavy atom. The van der Waals surface area contributed by atoms with Crippen LogP contribution in [0.4, 0.5) is 22.9 Å². The van der Waals surface area contributed by atoms with E-state index in [0.29, 0.717) is 28.5 Å². The molecular weight excluding hydrogens is 414 g/mol. The van der Waals surface area contributed by atoms with E-state index in [1.807, 2.05) is 81.4 Å². The Hall–Kier alpha value is -3.71. The normalized spacial score (nSPS) is 10.3. The number of pyridine rings is 1. The first-order valence-corrected chi connectivity index (χ1v) is 10.6. The van der Waals surface area contributed by atoms with E-state index in [1.54, 1.807) is 20.3 Å². The minimum Gasteiger partial charge on any atom is -0.399 e. The fourth-order valence-corrected chi connectivity index (χ4v) is 3.17. The number of anilines is 4. The number of nitrogens with two attached hydrogens (primary N) is 1. The summed E-state index contributed by atoms with van der Waals surface area (Å²) in [5.74, 6) is 0.469. The number of nitrogens with one attached hydrogen (secondary N) is 2. The van der Waals surface area contributed by atoms with Gasteiger partial charge in [0.15, 0.2) is 6.29 Å². The highest BCUT2D eigenvalue weighted by atomic mass is 16.4. The fourth-order valence-electron chi connectivity index (χ4n) is 3.17. The van der Waals surface area contributed by atoms with Crippen molar-refractivity contribution < 1.29 is 9.53 Å². The monoisotopic (exact) mass is 447 g/mol. The number of aromatic nitrogens is 1. The predicted molar refractivity (Wildman–Crippen MR) is 138 cm³/mol. The summed E-state index contributed by atoms with van der Waals surface area (Å²) in [6, 6.07) is 17.0. The second-order valence-electron chi connectivity index (χ2n) is 8.10. The Kier molecular flexibility index (Phi) is 9.12. The van der Waals surface area contributed by atoms with Crippen molar-refractivity contribution in [3.05, 3.63) is 65.9 Å². The molecule has 0 fully saturated rings. The van der Waals surface area contributed by atoms with E-state index in [0.717, 1.165) is 28.8 Å². The summed E-state index contributed by atoms with van der Waals surface area (Å²) in [6.07, 6.45) is 0.727. The lowest BCUT2D eigenvalue weighted by Gasteiger charge is -2.20. The van der Waals surface area contributed by atoms with Crippen molar-refractivity contribution in [2.45, 2.75) is 13.8 Å². The highest BCUT2D eigenvalue weighted by Gasteiger charge is 2.20. The number of nitrogens with zero attached hydrogens (tertiary/aromatic N) is 2. The molecule has 0 radical (unpaired) electrons. The van der Waals surface area contributed by atoms with Crippen LogP contribution in [0.1, 0.15) is 29.9 Å². The van der Waals surface area contributed by atoms with Gasteiger partial charge >= 0.3 is 0 Å². The molecule has 0 unspecified atom stereocenters. The Morgan fingerprint density at radius 3 is 2.30 bits per heavy atom. The number of carbonyl (C=O) groups excluding carboxylic acids is 1. The maximum absolute atomic E-state index is 11.6. The Balaban J connectivity index is 0.00000122. The SMILES string of the molecule is CC(C)C(=N)c1c(-c2ccc(N)cc2)cc(C=O)nc1Nc1cccc(N(C)C)c1.COC. The largest absolute Gasteiger partial charge is 0.399 e. The molecule has 2 aromatic carbocycles. The molecule has 7 heteroatoms. The van der Waals surface area contributed by atoms with Crippen LogP contribution < -0.4 is 16.0 Å². The zero-order valence-electron chi connectivity index (χ0n) is 20.1. The summed E-state index contributed by atoms with van der Waals surface area (Å²) < 4.78 is 4.25. The third kappa shape index (κ3) is 6.63. The average molecular weight is 448 g/mol. The third-order valence-electron chi connectivity index (χ3n) is 4.85. The molecule has 0 amide bonds. The quantitative estimate of drug-likeness (QED) is 0.260. The number of aldehydes is 1. The van der Waals surface area contributed by atoms with Crippen LogP contribution >= 0.6 is 0 Å². The number of hydrogen-bond donors (Lipinski definition) is 3. The molecule has 3 rings (SSSR count). The molecule has 4 N–H and O–H groups in total. The van der Waals surface area contributed by atoms with Crippen molar-refractivity contribution in [2.75, 3.05) is 44.3 Å². The number of methoxy groups -OCH3 is 1. The standard InChI is InChI=1S/C24H27N5O.C2H6O/c1-15(2)23(26)22-21(16-8-10-17(25)11-9-16)13-19(14-30)28-24(22)27-18-6-5-7-20(12-18)29(3)4;1-3-2/h5-15,26H,25H2,1-4H3,(H,27,28);1-2H3. The van der Waals surface area contributed by atoms with Gasteiger partial charge in [-0.1, -0.05) is 32.0 Å². The van der Waals surface area contributed by atoms with Gasteiger partial charge in [-0.3, -0.25) is 4.79 Å². The summed E-state index contributed by atoms with van der Waals surface area (Å²) in [4.78, 5) is 18.2. The molecule has 1 heterocycles.